The van der Waals surface area contributed by atoms with Crippen LogP contribution in [0.2, 0.25) is 0 Å². The van der Waals surface area contributed by atoms with Crippen molar-refractivity contribution in [3.8, 4) is 0 Å². The number of likely N-dealkylation sites (tertiary alicyclic amines) is 2. The van der Waals surface area contributed by atoms with E-state index in [0.717, 1.165) is 43.3 Å². The highest BCUT2D eigenvalue weighted by atomic mass is 19.4. The molecule has 0 bridgehead atoms. The molecule has 224 valence electrons. The van der Waals surface area contributed by atoms with Crippen LogP contribution in [-0.2, 0) is 22.7 Å². The van der Waals surface area contributed by atoms with Gasteiger partial charge in [0.2, 0.25) is 0 Å². The molecule has 0 unspecified atom stereocenters. The Bertz CT molecular complexity index is 1080. The Hall–Kier alpha value is -3.13. The maximum absolute atomic E-state index is 13.4. The van der Waals surface area contributed by atoms with Gasteiger partial charge in [0.25, 0.3) is 0 Å². The Kier molecular flexibility index (Phi) is 11.6. The van der Waals surface area contributed by atoms with Crippen LogP contribution in [0, 0.1) is 18.2 Å². The third kappa shape index (κ3) is 11.2. The zero-order valence-corrected chi connectivity index (χ0v) is 21.7. The van der Waals surface area contributed by atoms with Gasteiger partial charge in [-0.1, -0.05) is 12.1 Å². The van der Waals surface area contributed by atoms with Crippen molar-refractivity contribution in [2.75, 3.05) is 26.2 Å². The van der Waals surface area contributed by atoms with E-state index in [1.54, 1.807) is 6.07 Å². The van der Waals surface area contributed by atoms with E-state index in [1.807, 2.05) is 19.1 Å². The number of nitrogens with zero attached hydrogens (tertiary/aromatic N) is 2. The minimum absolute atomic E-state index is 0.130. The molecule has 40 heavy (non-hydrogen) atoms. The summed E-state index contributed by atoms with van der Waals surface area (Å²) in [5, 5.41) is 14.2. The molecule has 2 aromatic rings. The standard InChI is InChI=1S/C22H29FN2O.2C2HF3O2/c1-18-5-6-21(26-18)17-25-13-9-22(10-14-25)7-11-24(12-8-22)16-19-3-2-4-20(23)15-19;2*3-2(4,5)1(6)7/h2-6,15H,7-14,16-17H2,1H3;2*(H,6,7). The van der Waals surface area contributed by atoms with E-state index in [9.17, 15) is 30.7 Å². The second-order valence-electron chi connectivity index (χ2n) is 9.80. The van der Waals surface area contributed by atoms with Crippen LogP contribution in [0.3, 0.4) is 0 Å². The number of benzene rings is 1. The summed E-state index contributed by atoms with van der Waals surface area (Å²) >= 11 is 0. The highest BCUT2D eigenvalue weighted by Gasteiger charge is 2.39. The van der Waals surface area contributed by atoms with Gasteiger partial charge < -0.3 is 14.6 Å². The Morgan fingerprint density at radius 3 is 1.65 bits per heavy atom. The fourth-order valence-electron chi connectivity index (χ4n) is 4.55. The molecule has 1 aromatic heterocycles. The summed E-state index contributed by atoms with van der Waals surface area (Å²) < 4.78 is 82.6. The fraction of sp³-hybridized carbons (Fsp3) is 0.538. The average Bonchev–Trinajstić information content (AvgIpc) is 3.26. The predicted octanol–water partition coefficient (Wildman–Crippen LogP) is 5.87. The van der Waals surface area contributed by atoms with E-state index in [0.29, 0.717) is 5.41 Å². The highest BCUT2D eigenvalue weighted by Crippen LogP contribution is 2.41. The zero-order chi connectivity index (χ0) is 30.1. The van der Waals surface area contributed by atoms with E-state index in [4.69, 9.17) is 24.2 Å². The van der Waals surface area contributed by atoms with Crippen molar-refractivity contribution in [3.05, 3.63) is 59.3 Å². The summed E-state index contributed by atoms with van der Waals surface area (Å²) in [5.41, 5.74) is 1.61. The number of carboxylic acid groups (broad SMARTS) is 2. The van der Waals surface area contributed by atoms with Crippen LogP contribution < -0.4 is 0 Å². The van der Waals surface area contributed by atoms with Gasteiger partial charge in [-0.3, -0.25) is 9.80 Å². The van der Waals surface area contributed by atoms with Crippen LogP contribution in [0.5, 0.6) is 0 Å². The van der Waals surface area contributed by atoms with E-state index in [2.05, 4.69) is 21.9 Å². The van der Waals surface area contributed by atoms with Crippen molar-refractivity contribution in [1.29, 1.82) is 0 Å². The number of hydrogen-bond acceptors (Lipinski definition) is 5. The second-order valence-corrected chi connectivity index (χ2v) is 9.80. The van der Waals surface area contributed by atoms with Crippen molar-refractivity contribution in [1.82, 2.24) is 9.80 Å². The lowest BCUT2D eigenvalue weighted by Crippen LogP contribution is -2.46. The summed E-state index contributed by atoms with van der Waals surface area (Å²) in [7, 11) is 0. The summed E-state index contributed by atoms with van der Waals surface area (Å²) in [6.45, 7) is 8.43. The monoisotopic (exact) mass is 584 g/mol. The molecule has 0 atom stereocenters. The number of piperidine rings is 2. The van der Waals surface area contributed by atoms with Crippen LogP contribution >= 0.6 is 0 Å². The maximum atomic E-state index is 13.4. The van der Waals surface area contributed by atoms with Crippen molar-refractivity contribution >= 4 is 11.9 Å². The van der Waals surface area contributed by atoms with Gasteiger partial charge in [-0.25, -0.2) is 14.0 Å². The van der Waals surface area contributed by atoms with Crippen LogP contribution in [-0.4, -0.2) is 70.5 Å². The number of carboxylic acids is 2. The highest BCUT2D eigenvalue weighted by molar-refractivity contribution is 5.73. The summed E-state index contributed by atoms with van der Waals surface area (Å²) in [4.78, 5) is 22.8. The van der Waals surface area contributed by atoms with Crippen LogP contribution in [0.4, 0.5) is 30.7 Å². The van der Waals surface area contributed by atoms with Gasteiger partial charge in [-0.15, -0.1) is 0 Å². The van der Waals surface area contributed by atoms with E-state index in [1.165, 1.54) is 44.8 Å². The Morgan fingerprint density at radius 2 is 1.27 bits per heavy atom. The topological polar surface area (TPSA) is 94.2 Å². The zero-order valence-electron chi connectivity index (χ0n) is 21.7. The minimum atomic E-state index is -5.08. The first-order chi connectivity index (χ1) is 18.5. The second kappa shape index (κ2) is 14.0. The van der Waals surface area contributed by atoms with Crippen molar-refractivity contribution in [2.24, 2.45) is 5.41 Å². The van der Waals surface area contributed by atoms with Gasteiger partial charge in [0, 0.05) is 6.54 Å². The Morgan fingerprint density at radius 1 is 0.825 bits per heavy atom. The number of aryl methyl sites for hydroxylation is 1. The van der Waals surface area contributed by atoms with Crippen molar-refractivity contribution < 1.29 is 55.0 Å². The van der Waals surface area contributed by atoms with E-state index >= 15 is 0 Å². The number of rotatable bonds is 4. The maximum Gasteiger partial charge on any atom is 0.490 e. The lowest BCUT2D eigenvalue weighted by atomic mass is 9.71. The number of carbonyl (C=O) groups is 2. The number of furan rings is 1. The predicted molar refractivity (Wildman–Crippen MR) is 129 cm³/mol. The van der Waals surface area contributed by atoms with Crippen molar-refractivity contribution in [2.45, 2.75) is 58.0 Å². The molecule has 2 saturated heterocycles. The van der Waals surface area contributed by atoms with Gasteiger partial charge >= 0.3 is 24.3 Å². The molecular weight excluding hydrogens is 553 g/mol. The third-order valence-electron chi connectivity index (χ3n) is 6.79. The van der Waals surface area contributed by atoms with Gasteiger partial charge in [-0.05, 0) is 94.0 Å². The molecule has 7 nitrogen and oxygen atoms in total. The van der Waals surface area contributed by atoms with E-state index in [-0.39, 0.29) is 5.82 Å². The molecule has 0 amide bonds. The molecular formula is C26H31F7N2O5. The van der Waals surface area contributed by atoms with Crippen LogP contribution in [0.15, 0.2) is 40.8 Å². The Balaban J connectivity index is 0.000000333. The molecule has 2 N–H and O–H groups in total. The molecule has 0 radical (unpaired) electrons. The molecule has 4 rings (SSSR count). The molecule has 1 spiro atoms. The van der Waals surface area contributed by atoms with Gasteiger partial charge in [0.1, 0.15) is 17.3 Å². The van der Waals surface area contributed by atoms with Crippen molar-refractivity contribution in [3.63, 3.8) is 0 Å². The number of halogens is 7. The lowest BCUT2D eigenvalue weighted by Gasteiger charge is -2.46. The first kappa shape index (κ1) is 33.1. The van der Waals surface area contributed by atoms with Gasteiger partial charge in [0.15, 0.2) is 0 Å². The van der Waals surface area contributed by atoms with Gasteiger partial charge in [-0.2, -0.15) is 26.3 Å². The van der Waals surface area contributed by atoms with Gasteiger partial charge in [0.05, 0.1) is 6.54 Å². The Labute approximate surface area is 226 Å². The molecule has 0 aliphatic carbocycles. The van der Waals surface area contributed by atoms with Crippen LogP contribution in [0.1, 0.15) is 42.8 Å². The normalized spacial score (nSPS) is 17.8. The number of aliphatic carboxylic acids is 2. The first-order valence-corrected chi connectivity index (χ1v) is 12.3. The average molecular weight is 585 g/mol. The first-order valence-electron chi connectivity index (χ1n) is 12.3. The number of hydrogen-bond donors (Lipinski definition) is 2. The molecule has 0 saturated carbocycles. The smallest absolute Gasteiger partial charge is 0.475 e. The molecule has 14 heteroatoms. The minimum Gasteiger partial charge on any atom is -0.475 e. The molecule has 3 heterocycles. The summed E-state index contributed by atoms with van der Waals surface area (Å²) in [5.74, 6) is -3.56. The summed E-state index contributed by atoms with van der Waals surface area (Å²) in [6, 6.07) is 11.2. The molecule has 2 aliphatic rings. The number of alkyl halides is 6. The SMILES string of the molecule is Cc1ccc(CN2CCC3(CCN(Cc4cccc(F)c4)CC3)CC2)o1.O=C(O)C(F)(F)F.O=C(O)C(F)(F)F. The molecule has 2 fully saturated rings. The molecule has 1 aromatic carbocycles. The van der Waals surface area contributed by atoms with Crippen LogP contribution in [0.25, 0.3) is 0 Å². The lowest BCUT2D eigenvalue weighted by molar-refractivity contribution is -0.193. The summed E-state index contributed by atoms with van der Waals surface area (Å²) in [6.07, 6.45) is -5.03. The molecule has 2 aliphatic heterocycles. The quantitative estimate of drug-likeness (QED) is 0.434. The van der Waals surface area contributed by atoms with E-state index < -0.39 is 24.3 Å². The largest absolute Gasteiger partial charge is 0.490 e. The third-order valence-corrected chi connectivity index (χ3v) is 6.79. The fourth-order valence-corrected chi connectivity index (χ4v) is 4.55.